The van der Waals surface area contributed by atoms with Crippen molar-refractivity contribution in [1.29, 1.82) is 0 Å². The van der Waals surface area contributed by atoms with Gasteiger partial charge < -0.3 is 14.5 Å². The number of methoxy groups -OCH3 is 1. The first-order valence-electron chi connectivity index (χ1n) is 8.78. The third-order valence-corrected chi connectivity index (χ3v) is 5.37. The monoisotopic (exact) mass is 403 g/mol. The van der Waals surface area contributed by atoms with E-state index in [1.807, 2.05) is 6.07 Å². The zero-order valence-electron chi connectivity index (χ0n) is 14.3. The minimum atomic E-state index is 0.625. The highest BCUT2D eigenvalue weighted by Gasteiger charge is 2.19. The molecule has 0 saturated carbocycles. The molecule has 0 spiro atoms. The van der Waals surface area contributed by atoms with Crippen LogP contribution in [0.25, 0.3) is 21.9 Å². The molecular formula is C19H22BrN3O2. The fourth-order valence-electron chi connectivity index (χ4n) is 3.51. The molecule has 132 valence electrons. The maximum atomic E-state index is 5.50. The van der Waals surface area contributed by atoms with Gasteiger partial charge in [0.25, 0.3) is 0 Å². The number of aromatic nitrogens is 3. The predicted octanol–water partition coefficient (Wildman–Crippen LogP) is 4.03. The molecule has 1 saturated heterocycles. The Bertz CT molecular complexity index is 887. The Morgan fingerprint density at radius 2 is 2.12 bits per heavy atom. The van der Waals surface area contributed by atoms with Crippen LogP contribution >= 0.6 is 15.9 Å². The number of ether oxygens (including phenoxy) is 2. The van der Waals surface area contributed by atoms with E-state index in [1.54, 1.807) is 7.11 Å². The molecular weight excluding hydrogens is 382 g/mol. The van der Waals surface area contributed by atoms with Crippen LogP contribution in [0.3, 0.4) is 0 Å². The van der Waals surface area contributed by atoms with Gasteiger partial charge in [0.1, 0.15) is 5.82 Å². The van der Waals surface area contributed by atoms with Crippen LogP contribution in [0.2, 0.25) is 0 Å². The Kier molecular flexibility index (Phi) is 5.01. The van der Waals surface area contributed by atoms with Gasteiger partial charge in [-0.25, -0.2) is 4.98 Å². The van der Waals surface area contributed by atoms with E-state index in [2.05, 4.69) is 33.0 Å². The molecule has 3 aromatic rings. The van der Waals surface area contributed by atoms with E-state index >= 15 is 0 Å². The average molecular weight is 404 g/mol. The minimum Gasteiger partial charge on any atom is -0.384 e. The van der Waals surface area contributed by atoms with E-state index in [0.717, 1.165) is 76.8 Å². The Balaban J connectivity index is 1.81. The lowest BCUT2D eigenvalue weighted by Gasteiger charge is -2.21. The van der Waals surface area contributed by atoms with E-state index in [9.17, 15) is 0 Å². The second-order valence-corrected chi connectivity index (χ2v) is 7.55. The molecule has 0 amide bonds. The maximum Gasteiger partial charge on any atom is 0.109 e. The molecule has 0 aliphatic carbocycles. The lowest BCUT2D eigenvalue weighted by molar-refractivity contribution is 0.0664. The van der Waals surface area contributed by atoms with Crippen molar-refractivity contribution < 1.29 is 9.47 Å². The summed E-state index contributed by atoms with van der Waals surface area (Å²) in [6, 6.07) is 6.21. The number of hydrogen-bond donors (Lipinski definition) is 1. The number of imidazole rings is 1. The molecule has 25 heavy (non-hydrogen) atoms. The summed E-state index contributed by atoms with van der Waals surface area (Å²) < 4.78 is 11.7. The van der Waals surface area contributed by atoms with Crippen LogP contribution in [0.4, 0.5) is 0 Å². The van der Waals surface area contributed by atoms with E-state index in [-0.39, 0.29) is 0 Å². The Morgan fingerprint density at radius 3 is 2.92 bits per heavy atom. The quantitative estimate of drug-likeness (QED) is 0.698. The lowest BCUT2D eigenvalue weighted by Crippen LogP contribution is -2.18. The van der Waals surface area contributed by atoms with Crippen molar-refractivity contribution in [3.05, 3.63) is 34.2 Å². The summed E-state index contributed by atoms with van der Waals surface area (Å²) in [7, 11) is 1.72. The molecule has 0 bridgehead atoms. The standard InChI is InChI=1S/C19H22BrN3O2/c1-24-7-6-17-22-18-14-3-2-13(20)11-15(14)21-16(19(18)23-17)10-12-4-8-25-9-5-12/h2-3,11-12H,4-10H2,1H3,(H,22,23). The first-order chi connectivity index (χ1) is 12.2. The maximum absolute atomic E-state index is 5.50. The smallest absolute Gasteiger partial charge is 0.109 e. The van der Waals surface area contributed by atoms with Crippen LogP contribution < -0.4 is 0 Å². The number of nitrogens with one attached hydrogen (secondary N) is 1. The molecule has 6 heteroatoms. The normalized spacial score (nSPS) is 16.1. The number of pyridine rings is 1. The van der Waals surface area contributed by atoms with Crippen LogP contribution in [-0.2, 0) is 22.3 Å². The highest BCUT2D eigenvalue weighted by molar-refractivity contribution is 9.10. The highest BCUT2D eigenvalue weighted by atomic mass is 79.9. The predicted molar refractivity (Wildman–Crippen MR) is 102 cm³/mol. The van der Waals surface area contributed by atoms with Crippen LogP contribution in [0.5, 0.6) is 0 Å². The SMILES string of the molecule is COCCc1nc2c([nH]1)c(CC1CCOCC1)nc1cc(Br)ccc12. The molecule has 1 aliphatic rings. The van der Waals surface area contributed by atoms with E-state index in [0.29, 0.717) is 12.5 Å². The zero-order chi connectivity index (χ0) is 17.2. The highest BCUT2D eigenvalue weighted by Crippen LogP contribution is 2.30. The second kappa shape index (κ2) is 7.40. The number of hydrogen-bond acceptors (Lipinski definition) is 4. The van der Waals surface area contributed by atoms with Gasteiger partial charge in [0.15, 0.2) is 0 Å². The molecule has 0 unspecified atom stereocenters. The molecule has 2 aromatic heterocycles. The van der Waals surface area contributed by atoms with E-state index in [4.69, 9.17) is 19.4 Å². The van der Waals surface area contributed by atoms with E-state index in [1.165, 1.54) is 0 Å². The lowest BCUT2D eigenvalue weighted by atomic mass is 9.94. The number of benzene rings is 1. The largest absolute Gasteiger partial charge is 0.384 e. The first kappa shape index (κ1) is 16.9. The number of rotatable bonds is 5. The molecule has 1 aromatic carbocycles. The van der Waals surface area contributed by atoms with Crippen LogP contribution in [0, 0.1) is 5.92 Å². The Morgan fingerprint density at radius 1 is 1.28 bits per heavy atom. The summed E-state index contributed by atoms with van der Waals surface area (Å²) >= 11 is 3.56. The van der Waals surface area contributed by atoms with Gasteiger partial charge in [-0.1, -0.05) is 15.9 Å². The van der Waals surface area contributed by atoms with Crippen molar-refractivity contribution in [2.24, 2.45) is 5.92 Å². The minimum absolute atomic E-state index is 0.625. The summed E-state index contributed by atoms with van der Waals surface area (Å²) in [4.78, 5) is 13.3. The molecule has 3 heterocycles. The Labute approximate surface area is 155 Å². The molecule has 1 N–H and O–H groups in total. The number of aromatic amines is 1. The molecule has 5 nitrogen and oxygen atoms in total. The van der Waals surface area contributed by atoms with Gasteiger partial charge in [-0.05, 0) is 43.4 Å². The number of fused-ring (bicyclic) bond motifs is 3. The number of halogens is 1. The summed E-state index contributed by atoms with van der Waals surface area (Å²) in [5.41, 5.74) is 4.20. The summed E-state index contributed by atoms with van der Waals surface area (Å²) in [6.07, 6.45) is 3.95. The van der Waals surface area contributed by atoms with Crippen LogP contribution in [0.1, 0.15) is 24.4 Å². The van der Waals surface area contributed by atoms with Gasteiger partial charge in [-0.2, -0.15) is 0 Å². The summed E-state index contributed by atoms with van der Waals surface area (Å²) in [5, 5.41) is 1.09. The molecule has 0 atom stereocenters. The van der Waals surface area contributed by atoms with Gasteiger partial charge in [0.05, 0.1) is 28.9 Å². The average Bonchev–Trinajstić information content (AvgIpc) is 3.05. The summed E-state index contributed by atoms with van der Waals surface area (Å²) in [5.74, 6) is 1.59. The van der Waals surface area contributed by atoms with Gasteiger partial charge in [-0.3, -0.25) is 4.98 Å². The van der Waals surface area contributed by atoms with Gasteiger partial charge in [0.2, 0.25) is 0 Å². The number of H-pyrrole nitrogens is 1. The van der Waals surface area contributed by atoms with Crippen molar-refractivity contribution in [2.45, 2.75) is 25.7 Å². The number of nitrogens with zero attached hydrogens (tertiary/aromatic N) is 2. The van der Waals surface area contributed by atoms with Crippen LogP contribution in [-0.4, -0.2) is 41.9 Å². The van der Waals surface area contributed by atoms with Gasteiger partial charge in [-0.15, -0.1) is 0 Å². The third kappa shape index (κ3) is 3.57. The van der Waals surface area contributed by atoms with Crippen molar-refractivity contribution in [3.63, 3.8) is 0 Å². The zero-order valence-corrected chi connectivity index (χ0v) is 15.9. The first-order valence-corrected chi connectivity index (χ1v) is 9.57. The van der Waals surface area contributed by atoms with E-state index < -0.39 is 0 Å². The van der Waals surface area contributed by atoms with Crippen molar-refractivity contribution in [2.75, 3.05) is 26.9 Å². The second-order valence-electron chi connectivity index (χ2n) is 6.63. The molecule has 1 aliphatic heterocycles. The summed E-state index contributed by atoms with van der Waals surface area (Å²) in [6.45, 7) is 2.37. The Hall–Kier alpha value is -1.50. The topological polar surface area (TPSA) is 60.0 Å². The van der Waals surface area contributed by atoms with Crippen molar-refractivity contribution in [3.8, 4) is 0 Å². The molecule has 4 rings (SSSR count). The van der Waals surface area contributed by atoms with Gasteiger partial charge >= 0.3 is 0 Å². The van der Waals surface area contributed by atoms with Crippen LogP contribution in [0.15, 0.2) is 22.7 Å². The molecule has 1 fully saturated rings. The van der Waals surface area contributed by atoms with Crippen molar-refractivity contribution >= 4 is 37.9 Å². The van der Waals surface area contributed by atoms with Crippen molar-refractivity contribution in [1.82, 2.24) is 15.0 Å². The fourth-order valence-corrected chi connectivity index (χ4v) is 3.86. The fraction of sp³-hybridized carbons (Fsp3) is 0.474. The van der Waals surface area contributed by atoms with Gasteiger partial charge in [0, 0.05) is 36.6 Å². The molecule has 0 radical (unpaired) electrons. The third-order valence-electron chi connectivity index (χ3n) is 4.88.